The Morgan fingerprint density at radius 2 is 2.07 bits per heavy atom. The molecule has 3 aromatic heterocycles. The molecule has 0 aromatic carbocycles. The molecular weight excluding hydrogens is 375 g/mol. The second-order valence-corrected chi connectivity index (χ2v) is 6.91. The van der Waals surface area contributed by atoms with Gasteiger partial charge in [0.05, 0.1) is 17.0 Å². The first-order valence-corrected chi connectivity index (χ1v) is 8.82. The van der Waals surface area contributed by atoms with E-state index in [0.29, 0.717) is 30.0 Å². The molecule has 0 aliphatic carbocycles. The van der Waals surface area contributed by atoms with Gasteiger partial charge >= 0.3 is 6.18 Å². The lowest BCUT2D eigenvalue weighted by Crippen LogP contribution is -2.39. The van der Waals surface area contributed by atoms with Crippen LogP contribution in [0.2, 0.25) is 0 Å². The van der Waals surface area contributed by atoms with Crippen LogP contribution < -0.4 is 0 Å². The average molecular weight is 393 g/mol. The van der Waals surface area contributed by atoms with E-state index in [4.69, 9.17) is 0 Å². The summed E-state index contributed by atoms with van der Waals surface area (Å²) in [6.45, 7) is 2.74. The number of alkyl halides is 3. The molecule has 28 heavy (non-hydrogen) atoms. The lowest BCUT2D eigenvalue weighted by atomic mass is 9.94. The Balaban J connectivity index is 1.64. The molecule has 0 spiro atoms. The normalized spacial score (nSPS) is 18.0. The third-order valence-corrected chi connectivity index (χ3v) is 4.89. The van der Waals surface area contributed by atoms with Crippen molar-refractivity contribution in [1.82, 2.24) is 34.3 Å². The van der Waals surface area contributed by atoms with E-state index < -0.39 is 12.0 Å². The van der Waals surface area contributed by atoms with E-state index in [0.717, 1.165) is 17.4 Å². The quantitative estimate of drug-likeness (QED) is 0.667. The molecule has 1 amide bonds. The van der Waals surface area contributed by atoms with Gasteiger partial charge in [-0.1, -0.05) is 0 Å². The Morgan fingerprint density at radius 3 is 2.75 bits per heavy atom. The van der Waals surface area contributed by atoms with Crippen LogP contribution >= 0.6 is 0 Å². The molecule has 1 aliphatic rings. The van der Waals surface area contributed by atoms with Gasteiger partial charge < -0.3 is 4.90 Å². The van der Waals surface area contributed by atoms with E-state index in [1.165, 1.54) is 6.20 Å². The smallest absolute Gasteiger partial charge is 0.338 e. The zero-order chi connectivity index (χ0) is 20.1. The van der Waals surface area contributed by atoms with Gasteiger partial charge in [0, 0.05) is 38.4 Å². The Hall–Kier alpha value is -2.98. The summed E-state index contributed by atoms with van der Waals surface area (Å²) >= 11 is 0. The number of aromatic nitrogens is 6. The van der Waals surface area contributed by atoms with Gasteiger partial charge in [0.15, 0.2) is 0 Å². The highest BCUT2D eigenvalue weighted by Crippen LogP contribution is 2.30. The molecule has 1 atom stereocenters. The maximum Gasteiger partial charge on any atom is 0.453 e. The minimum Gasteiger partial charge on any atom is -0.338 e. The van der Waals surface area contributed by atoms with E-state index in [1.54, 1.807) is 35.8 Å². The second-order valence-electron chi connectivity index (χ2n) is 6.91. The van der Waals surface area contributed by atoms with Crippen molar-refractivity contribution in [2.75, 3.05) is 13.1 Å². The molecule has 8 nitrogen and oxygen atoms in total. The number of hydrogen-bond acceptors (Lipinski definition) is 5. The van der Waals surface area contributed by atoms with Gasteiger partial charge in [-0.15, -0.1) is 5.10 Å². The number of nitrogens with zero attached hydrogens (tertiary/aromatic N) is 7. The van der Waals surface area contributed by atoms with Crippen molar-refractivity contribution in [2.24, 2.45) is 7.05 Å². The minimum atomic E-state index is -4.64. The zero-order valence-electron chi connectivity index (χ0n) is 15.3. The van der Waals surface area contributed by atoms with Gasteiger partial charge in [0.2, 0.25) is 0 Å². The number of rotatable bonds is 2. The number of amides is 1. The van der Waals surface area contributed by atoms with Gasteiger partial charge in [-0.3, -0.25) is 9.48 Å². The van der Waals surface area contributed by atoms with Crippen molar-refractivity contribution >= 4 is 11.7 Å². The molecule has 3 aromatic rings. The second kappa shape index (κ2) is 6.57. The van der Waals surface area contributed by atoms with E-state index >= 15 is 0 Å². The van der Waals surface area contributed by atoms with Gasteiger partial charge in [0.1, 0.15) is 0 Å². The molecular formula is C17H18F3N7O. The molecule has 0 radical (unpaired) electrons. The van der Waals surface area contributed by atoms with E-state index in [-0.39, 0.29) is 17.6 Å². The summed E-state index contributed by atoms with van der Waals surface area (Å²) in [5.41, 5.74) is 1.74. The molecule has 1 aliphatic heterocycles. The first kappa shape index (κ1) is 18.4. The van der Waals surface area contributed by atoms with Crippen LogP contribution in [0.4, 0.5) is 13.2 Å². The largest absolute Gasteiger partial charge is 0.453 e. The zero-order valence-corrected chi connectivity index (χ0v) is 15.3. The lowest BCUT2D eigenvalue weighted by molar-refractivity contribution is -0.144. The summed E-state index contributed by atoms with van der Waals surface area (Å²) in [4.78, 5) is 22.0. The molecule has 1 fully saturated rings. The molecule has 11 heteroatoms. The maximum absolute atomic E-state index is 13.0. The summed E-state index contributed by atoms with van der Waals surface area (Å²) in [5.74, 6) is -1.61. The highest BCUT2D eigenvalue weighted by Gasteiger charge is 2.37. The van der Waals surface area contributed by atoms with Crippen LogP contribution in [-0.4, -0.2) is 53.3 Å². The maximum atomic E-state index is 13.0. The summed E-state index contributed by atoms with van der Waals surface area (Å²) in [6, 6.07) is 1.63. The van der Waals surface area contributed by atoms with Crippen molar-refractivity contribution in [1.29, 1.82) is 0 Å². The van der Waals surface area contributed by atoms with Gasteiger partial charge in [-0.25, -0.2) is 9.50 Å². The lowest BCUT2D eigenvalue weighted by Gasteiger charge is -2.32. The van der Waals surface area contributed by atoms with Crippen molar-refractivity contribution in [3.05, 3.63) is 41.2 Å². The number of piperidine rings is 1. The van der Waals surface area contributed by atoms with Crippen LogP contribution in [0.25, 0.3) is 5.78 Å². The Kier molecular flexibility index (Phi) is 4.31. The number of likely N-dealkylation sites (tertiary alicyclic amines) is 1. The Morgan fingerprint density at radius 1 is 1.29 bits per heavy atom. The summed E-state index contributed by atoms with van der Waals surface area (Å²) in [6.07, 6.45) is -0.0711. The van der Waals surface area contributed by atoms with Crippen molar-refractivity contribution in [3.8, 4) is 0 Å². The Labute approximate surface area is 158 Å². The van der Waals surface area contributed by atoms with Crippen LogP contribution in [0, 0.1) is 6.92 Å². The SMILES string of the molecule is Cc1nn(C)cc1C(=O)N1CCC[C@H](c2ccnc3nc(C(F)(F)F)nn23)C1. The van der Waals surface area contributed by atoms with Gasteiger partial charge in [0.25, 0.3) is 17.5 Å². The Bertz CT molecular complexity index is 1040. The predicted octanol–water partition coefficient (Wildman–Crippen LogP) is 2.20. The number of halogens is 3. The van der Waals surface area contributed by atoms with Crippen molar-refractivity contribution < 1.29 is 18.0 Å². The predicted molar refractivity (Wildman–Crippen MR) is 91.6 cm³/mol. The van der Waals surface area contributed by atoms with Gasteiger partial charge in [-0.2, -0.15) is 23.3 Å². The fraction of sp³-hybridized carbons (Fsp3) is 0.471. The molecule has 0 bridgehead atoms. The third-order valence-electron chi connectivity index (χ3n) is 4.89. The first-order chi connectivity index (χ1) is 13.2. The molecule has 0 saturated carbocycles. The van der Waals surface area contributed by atoms with Crippen molar-refractivity contribution in [2.45, 2.75) is 31.9 Å². The van der Waals surface area contributed by atoms with E-state index in [2.05, 4.69) is 20.2 Å². The average Bonchev–Trinajstić information content (AvgIpc) is 3.23. The number of fused-ring (bicyclic) bond motifs is 1. The van der Waals surface area contributed by atoms with Crippen LogP contribution in [0.5, 0.6) is 0 Å². The molecule has 0 N–H and O–H groups in total. The molecule has 1 saturated heterocycles. The monoisotopic (exact) mass is 393 g/mol. The first-order valence-electron chi connectivity index (χ1n) is 8.82. The van der Waals surface area contributed by atoms with Crippen LogP contribution in [0.1, 0.15) is 46.3 Å². The highest BCUT2D eigenvalue weighted by molar-refractivity contribution is 5.95. The van der Waals surface area contributed by atoms with Crippen LogP contribution in [-0.2, 0) is 13.2 Å². The number of carbonyl (C=O) groups is 1. The van der Waals surface area contributed by atoms with E-state index in [9.17, 15) is 18.0 Å². The van der Waals surface area contributed by atoms with Crippen molar-refractivity contribution in [3.63, 3.8) is 0 Å². The topological polar surface area (TPSA) is 81.2 Å². The molecule has 4 rings (SSSR count). The van der Waals surface area contributed by atoms with E-state index in [1.807, 2.05) is 0 Å². The number of hydrogen-bond donors (Lipinski definition) is 0. The van der Waals surface area contributed by atoms with Crippen LogP contribution in [0.3, 0.4) is 0 Å². The number of carbonyl (C=O) groups excluding carboxylic acids is 1. The third kappa shape index (κ3) is 3.20. The van der Waals surface area contributed by atoms with Gasteiger partial charge in [-0.05, 0) is 25.8 Å². The number of aryl methyl sites for hydroxylation is 2. The summed E-state index contributed by atoms with van der Waals surface area (Å²) in [5, 5.41) is 7.81. The summed E-state index contributed by atoms with van der Waals surface area (Å²) < 4.78 is 41.6. The molecule has 4 heterocycles. The molecule has 0 unspecified atom stereocenters. The fourth-order valence-corrected chi connectivity index (χ4v) is 3.62. The fourth-order valence-electron chi connectivity index (χ4n) is 3.62. The summed E-state index contributed by atoms with van der Waals surface area (Å²) in [7, 11) is 1.75. The van der Waals surface area contributed by atoms with Crippen LogP contribution in [0.15, 0.2) is 18.5 Å². The highest BCUT2D eigenvalue weighted by atomic mass is 19.4. The standard InChI is InChI=1S/C17H18F3N7O/c1-10-12(9-25(2)23-10)14(28)26-7-3-4-11(8-26)13-5-6-21-16-22-15(17(18,19)20)24-27(13)16/h5-6,9,11H,3-4,7-8H2,1-2H3/t11-/m0/s1. The molecule has 148 valence electrons. The minimum absolute atomic E-state index is 0.101.